The number of amides is 1. The summed E-state index contributed by atoms with van der Waals surface area (Å²) in [4.78, 5) is 25.0. The molecule has 0 spiro atoms. The van der Waals surface area contributed by atoms with Crippen molar-refractivity contribution in [3.8, 4) is 28.7 Å². The van der Waals surface area contributed by atoms with Gasteiger partial charge in [0.25, 0.3) is 11.8 Å². The molecule has 0 aliphatic carbocycles. The molecule has 11 heteroatoms. The quantitative estimate of drug-likeness (QED) is 0.497. The number of nitrogens with two attached hydrogens (primary N) is 1. The summed E-state index contributed by atoms with van der Waals surface area (Å²) in [5.74, 6) is 0.0483. The Bertz CT molecular complexity index is 884. The Morgan fingerprint density at radius 1 is 1.38 bits per heavy atom. The maximum absolute atomic E-state index is 10.9. The van der Waals surface area contributed by atoms with E-state index in [1.807, 2.05) is 0 Å². The highest BCUT2D eigenvalue weighted by Gasteiger charge is 2.23. The van der Waals surface area contributed by atoms with E-state index in [1.54, 1.807) is 24.3 Å². The minimum atomic E-state index is -0.604. The number of nitrogens with one attached hydrogen (secondary N) is 1. The Balaban J connectivity index is 1.81. The lowest BCUT2D eigenvalue weighted by Gasteiger charge is -2.03. The zero-order valence-corrected chi connectivity index (χ0v) is 12.0. The summed E-state index contributed by atoms with van der Waals surface area (Å²) >= 11 is 0. The molecule has 3 aromatic rings. The Morgan fingerprint density at radius 3 is 2.79 bits per heavy atom. The zero-order chi connectivity index (χ0) is 17.1. The van der Waals surface area contributed by atoms with Gasteiger partial charge in [0, 0.05) is 5.56 Å². The van der Waals surface area contributed by atoms with E-state index >= 15 is 0 Å². The normalized spacial score (nSPS) is 10.5. The second-order valence-corrected chi connectivity index (χ2v) is 4.59. The van der Waals surface area contributed by atoms with Crippen molar-refractivity contribution in [2.45, 2.75) is 0 Å². The molecule has 1 aromatic carbocycles. The summed E-state index contributed by atoms with van der Waals surface area (Å²) in [7, 11) is 0. The molecular formula is C13H10N6O5. The molecule has 0 radical (unpaired) electrons. The first-order chi connectivity index (χ1) is 11.5. The highest BCUT2D eigenvalue weighted by Crippen LogP contribution is 2.28. The molecule has 0 fully saturated rings. The number of nitrogens with zero attached hydrogens (tertiary/aromatic N) is 4. The number of benzene rings is 1. The summed E-state index contributed by atoms with van der Waals surface area (Å²) < 4.78 is 10.2. The van der Waals surface area contributed by atoms with Crippen LogP contribution in [0.4, 0.5) is 5.69 Å². The monoisotopic (exact) mass is 330 g/mol. The molecule has 3 N–H and O–H groups in total. The van der Waals surface area contributed by atoms with Gasteiger partial charge in [-0.05, 0) is 24.3 Å². The number of rotatable bonds is 6. The topological polar surface area (TPSA) is 163 Å². The SMILES string of the molecule is NC(=O)COc1ccc(-c2noc(-c3[nH]ncc3[N+](=O)[O-])n2)cc1. The van der Waals surface area contributed by atoms with Crippen LogP contribution < -0.4 is 10.5 Å². The first kappa shape index (κ1) is 15.1. The third-order valence-corrected chi connectivity index (χ3v) is 2.95. The van der Waals surface area contributed by atoms with E-state index in [0.717, 1.165) is 6.20 Å². The Morgan fingerprint density at radius 2 is 2.12 bits per heavy atom. The lowest BCUT2D eigenvalue weighted by molar-refractivity contribution is -0.384. The average molecular weight is 330 g/mol. The molecule has 0 aliphatic heterocycles. The molecular weight excluding hydrogens is 320 g/mol. The van der Waals surface area contributed by atoms with Gasteiger partial charge in [-0.15, -0.1) is 0 Å². The van der Waals surface area contributed by atoms with Crippen LogP contribution in [-0.4, -0.2) is 37.8 Å². The predicted octanol–water partition coefficient (Wildman–Crippen LogP) is 0.899. The Kier molecular flexibility index (Phi) is 3.89. The van der Waals surface area contributed by atoms with Gasteiger partial charge in [-0.3, -0.25) is 20.0 Å². The van der Waals surface area contributed by atoms with E-state index in [4.69, 9.17) is 15.0 Å². The molecule has 0 unspecified atom stereocenters. The van der Waals surface area contributed by atoms with Crippen LogP contribution in [0.5, 0.6) is 5.75 Å². The Hall–Kier alpha value is -3.76. The highest BCUT2D eigenvalue weighted by atomic mass is 16.6. The fourth-order valence-corrected chi connectivity index (χ4v) is 1.87. The van der Waals surface area contributed by atoms with Crippen LogP contribution in [0.2, 0.25) is 0 Å². The molecule has 3 rings (SSSR count). The fourth-order valence-electron chi connectivity index (χ4n) is 1.87. The number of H-pyrrole nitrogens is 1. The molecule has 2 heterocycles. The van der Waals surface area contributed by atoms with Gasteiger partial charge in [0.2, 0.25) is 11.5 Å². The van der Waals surface area contributed by atoms with Crippen molar-refractivity contribution in [1.82, 2.24) is 20.3 Å². The standard InChI is InChI=1S/C13H10N6O5/c14-10(20)6-23-8-3-1-7(2-4-8)12-16-13(24-18-12)11-9(19(21)22)5-15-17-11/h1-5H,6H2,(H2,14,20)(H,15,17). The van der Waals surface area contributed by atoms with Crippen LogP contribution in [0.25, 0.3) is 23.0 Å². The summed E-state index contributed by atoms with van der Waals surface area (Å²) in [6.45, 7) is -0.227. The summed E-state index contributed by atoms with van der Waals surface area (Å²) in [5.41, 5.74) is 5.35. The average Bonchev–Trinajstić information content (AvgIpc) is 3.22. The number of carbonyl (C=O) groups excluding carboxylic acids is 1. The lowest BCUT2D eigenvalue weighted by Crippen LogP contribution is -2.19. The molecule has 2 aromatic heterocycles. The number of hydrogen-bond acceptors (Lipinski definition) is 8. The van der Waals surface area contributed by atoms with Crippen LogP contribution in [0.3, 0.4) is 0 Å². The van der Waals surface area contributed by atoms with Gasteiger partial charge < -0.3 is 15.0 Å². The summed E-state index contributed by atoms with van der Waals surface area (Å²) in [6.07, 6.45) is 1.06. The maximum Gasteiger partial charge on any atom is 0.319 e. The van der Waals surface area contributed by atoms with E-state index in [9.17, 15) is 14.9 Å². The lowest BCUT2D eigenvalue weighted by atomic mass is 10.2. The third kappa shape index (κ3) is 3.04. The molecule has 0 bridgehead atoms. The van der Waals surface area contributed by atoms with Crippen LogP contribution >= 0.6 is 0 Å². The van der Waals surface area contributed by atoms with Gasteiger partial charge in [-0.2, -0.15) is 10.1 Å². The first-order valence-electron chi connectivity index (χ1n) is 6.58. The van der Waals surface area contributed by atoms with Gasteiger partial charge in [-0.1, -0.05) is 5.16 Å². The van der Waals surface area contributed by atoms with E-state index in [0.29, 0.717) is 11.3 Å². The summed E-state index contributed by atoms with van der Waals surface area (Å²) in [6, 6.07) is 6.50. The number of carbonyl (C=O) groups is 1. The van der Waals surface area contributed by atoms with Gasteiger partial charge in [0.15, 0.2) is 6.61 Å². The number of primary amides is 1. The van der Waals surface area contributed by atoms with E-state index in [-0.39, 0.29) is 29.7 Å². The van der Waals surface area contributed by atoms with Crippen molar-refractivity contribution < 1.29 is 19.0 Å². The van der Waals surface area contributed by atoms with Crippen LogP contribution in [0.1, 0.15) is 0 Å². The second kappa shape index (κ2) is 6.16. The maximum atomic E-state index is 10.9. The number of ether oxygens (including phenoxy) is 1. The van der Waals surface area contributed by atoms with Crippen LogP contribution in [0, 0.1) is 10.1 Å². The smallest absolute Gasteiger partial charge is 0.319 e. The second-order valence-electron chi connectivity index (χ2n) is 4.59. The zero-order valence-electron chi connectivity index (χ0n) is 12.0. The predicted molar refractivity (Wildman–Crippen MR) is 78.7 cm³/mol. The molecule has 122 valence electrons. The molecule has 1 amide bonds. The number of hydrogen-bond donors (Lipinski definition) is 2. The van der Waals surface area contributed by atoms with Crippen molar-refractivity contribution in [2.24, 2.45) is 5.73 Å². The first-order valence-corrected chi connectivity index (χ1v) is 6.58. The van der Waals surface area contributed by atoms with E-state index in [1.165, 1.54) is 0 Å². The molecule has 0 aliphatic rings. The van der Waals surface area contributed by atoms with Crippen molar-refractivity contribution in [2.75, 3.05) is 6.61 Å². The number of nitro groups is 1. The van der Waals surface area contributed by atoms with Crippen molar-refractivity contribution >= 4 is 11.6 Å². The van der Waals surface area contributed by atoms with Crippen molar-refractivity contribution in [1.29, 1.82) is 0 Å². The highest BCUT2D eigenvalue weighted by molar-refractivity contribution is 5.75. The summed E-state index contributed by atoms with van der Waals surface area (Å²) in [5, 5.41) is 20.7. The Labute approximate surface area is 133 Å². The number of aromatic nitrogens is 4. The molecule has 0 saturated carbocycles. The van der Waals surface area contributed by atoms with Gasteiger partial charge >= 0.3 is 5.69 Å². The molecule has 24 heavy (non-hydrogen) atoms. The number of aromatic amines is 1. The van der Waals surface area contributed by atoms with Crippen molar-refractivity contribution in [3.05, 3.63) is 40.6 Å². The van der Waals surface area contributed by atoms with Gasteiger partial charge in [-0.25, -0.2) is 0 Å². The van der Waals surface area contributed by atoms with Crippen LogP contribution in [0.15, 0.2) is 35.0 Å². The largest absolute Gasteiger partial charge is 0.484 e. The van der Waals surface area contributed by atoms with E-state index in [2.05, 4.69) is 20.3 Å². The molecule has 0 saturated heterocycles. The molecule has 11 nitrogen and oxygen atoms in total. The van der Waals surface area contributed by atoms with Gasteiger partial charge in [0.1, 0.15) is 11.9 Å². The van der Waals surface area contributed by atoms with Gasteiger partial charge in [0.05, 0.1) is 4.92 Å². The van der Waals surface area contributed by atoms with Crippen molar-refractivity contribution in [3.63, 3.8) is 0 Å². The van der Waals surface area contributed by atoms with E-state index < -0.39 is 10.8 Å². The third-order valence-electron chi connectivity index (χ3n) is 2.95. The fraction of sp³-hybridized carbons (Fsp3) is 0.0769. The molecule has 0 atom stereocenters. The minimum Gasteiger partial charge on any atom is -0.484 e. The minimum absolute atomic E-state index is 0.0279. The van der Waals surface area contributed by atoms with Crippen LogP contribution in [-0.2, 0) is 4.79 Å².